The van der Waals surface area contributed by atoms with E-state index in [1.165, 1.54) is 30.5 Å². The lowest BCUT2D eigenvalue weighted by atomic mass is 9.90. The van der Waals surface area contributed by atoms with E-state index in [1.54, 1.807) is 6.07 Å². The van der Waals surface area contributed by atoms with Crippen molar-refractivity contribution in [1.82, 2.24) is 4.98 Å². The van der Waals surface area contributed by atoms with Crippen molar-refractivity contribution < 1.29 is 32.7 Å². The van der Waals surface area contributed by atoms with Gasteiger partial charge in [-0.2, -0.15) is 0 Å². The Kier molecular flexibility index (Phi) is 6.67. The fourth-order valence-corrected chi connectivity index (χ4v) is 3.28. The molecule has 6 nitrogen and oxygen atoms in total. The number of Topliss-reactive ketones (excluding diaryl/α,β-unsaturated/α-hetero) is 2. The van der Waals surface area contributed by atoms with Crippen LogP contribution < -0.4 is 5.56 Å². The number of carbonyl (C=O) groups is 3. The number of H-pyrrole nitrogens is 1. The molecule has 0 aliphatic rings. The molecule has 0 bridgehead atoms. The molecule has 0 saturated heterocycles. The number of aliphatic carboxylic acids is 1. The zero-order valence-corrected chi connectivity index (χ0v) is 16.5. The number of halogens is 3. The van der Waals surface area contributed by atoms with Crippen LogP contribution in [0.5, 0.6) is 0 Å². The van der Waals surface area contributed by atoms with Crippen LogP contribution in [-0.4, -0.2) is 27.6 Å². The van der Waals surface area contributed by atoms with E-state index in [0.717, 1.165) is 6.07 Å². The molecule has 1 heterocycles. The number of aromatic nitrogens is 1. The maximum Gasteiger partial charge on any atom is 0.372 e. The monoisotopic (exact) mass is 443 g/mol. The Morgan fingerprint density at radius 3 is 2.22 bits per heavy atom. The highest BCUT2D eigenvalue weighted by Crippen LogP contribution is 2.23. The van der Waals surface area contributed by atoms with Gasteiger partial charge in [0.2, 0.25) is 5.78 Å². The second-order valence-corrected chi connectivity index (χ2v) is 7.01. The lowest BCUT2D eigenvalue weighted by molar-refractivity contribution is -0.148. The van der Waals surface area contributed by atoms with Crippen molar-refractivity contribution in [2.45, 2.75) is 19.3 Å². The molecule has 3 rings (SSSR count). The van der Waals surface area contributed by atoms with Gasteiger partial charge in [-0.05, 0) is 34.4 Å². The summed E-state index contributed by atoms with van der Waals surface area (Å²) in [7, 11) is 0. The Labute approximate surface area is 179 Å². The van der Waals surface area contributed by atoms with Crippen molar-refractivity contribution >= 4 is 17.5 Å². The van der Waals surface area contributed by atoms with E-state index in [2.05, 4.69) is 4.98 Å². The minimum absolute atomic E-state index is 0.0192. The Balaban J connectivity index is 2.14. The zero-order valence-electron chi connectivity index (χ0n) is 16.5. The van der Waals surface area contributed by atoms with Crippen LogP contribution in [0.15, 0.2) is 53.5 Å². The highest BCUT2D eigenvalue weighted by molar-refractivity contribution is 6.37. The molecule has 32 heavy (non-hydrogen) atoms. The molecule has 164 valence electrons. The van der Waals surface area contributed by atoms with Gasteiger partial charge in [0.25, 0.3) is 5.56 Å². The first kappa shape index (κ1) is 22.7. The largest absolute Gasteiger partial charge is 0.475 e. The van der Waals surface area contributed by atoms with E-state index in [4.69, 9.17) is 5.11 Å². The highest BCUT2D eigenvalue weighted by atomic mass is 19.1. The van der Waals surface area contributed by atoms with Gasteiger partial charge in [-0.3, -0.25) is 14.4 Å². The molecule has 2 N–H and O–H groups in total. The minimum Gasteiger partial charge on any atom is -0.475 e. The van der Waals surface area contributed by atoms with Crippen molar-refractivity contribution in [3.8, 4) is 0 Å². The summed E-state index contributed by atoms with van der Waals surface area (Å²) in [6.07, 6.45) is -0.287. The predicted molar refractivity (Wildman–Crippen MR) is 107 cm³/mol. The molecule has 0 radical (unpaired) electrons. The van der Waals surface area contributed by atoms with Gasteiger partial charge in [0.15, 0.2) is 5.78 Å². The summed E-state index contributed by atoms with van der Waals surface area (Å²) < 4.78 is 41.8. The van der Waals surface area contributed by atoms with Crippen LogP contribution in [0.4, 0.5) is 13.2 Å². The van der Waals surface area contributed by atoms with Gasteiger partial charge in [0, 0.05) is 25.1 Å². The van der Waals surface area contributed by atoms with Crippen LogP contribution in [0, 0.1) is 17.5 Å². The van der Waals surface area contributed by atoms with Crippen molar-refractivity contribution in [3.05, 3.63) is 104 Å². The number of pyridine rings is 1. The standard InChI is InChI=1S/C23H16F3NO5/c24-15-6-5-13(18(26)9-15)7-14-11-27-22(30)21(19(28)10-20(29)23(31)32)16(14)8-12-3-1-2-4-17(12)25/h1-6,9,11H,7-8,10H2,(H,27,30)(H,31,32). The second-order valence-electron chi connectivity index (χ2n) is 7.01. The average molecular weight is 443 g/mol. The van der Waals surface area contributed by atoms with Crippen LogP contribution in [0.1, 0.15) is 39.0 Å². The normalized spacial score (nSPS) is 10.7. The first-order chi connectivity index (χ1) is 15.2. The summed E-state index contributed by atoms with van der Waals surface area (Å²) in [4.78, 5) is 49.8. The van der Waals surface area contributed by atoms with E-state index < -0.39 is 52.5 Å². The van der Waals surface area contributed by atoms with Gasteiger partial charge < -0.3 is 10.1 Å². The van der Waals surface area contributed by atoms with E-state index in [1.807, 2.05) is 0 Å². The molecule has 3 aromatic rings. The lowest BCUT2D eigenvalue weighted by Gasteiger charge is -2.15. The number of ketones is 2. The maximum atomic E-state index is 14.3. The van der Waals surface area contributed by atoms with Crippen molar-refractivity contribution in [2.24, 2.45) is 0 Å². The number of carboxylic acids is 1. The van der Waals surface area contributed by atoms with Crippen LogP contribution in [0.3, 0.4) is 0 Å². The molecule has 0 aliphatic heterocycles. The van der Waals surface area contributed by atoms with Crippen molar-refractivity contribution in [3.63, 3.8) is 0 Å². The Morgan fingerprint density at radius 1 is 0.875 bits per heavy atom. The highest BCUT2D eigenvalue weighted by Gasteiger charge is 2.25. The van der Waals surface area contributed by atoms with Crippen molar-refractivity contribution in [1.29, 1.82) is 0 Å². The number of carboxylic acid groups (broad SMARTS) is 1. The average Bonchev–Trinajstić information content (AvgIpc) is 2.73. The summed E-state index contributed by atoms with van der Waals surface area (Å²) in [6, 6.07) is 8.50. The number of benzene rings is 2. The molecule has 0 unspecified atom stereocenters. The van der Waals surface area contributed by atoms with Crippen LogP contribution in [-0.2, 0) is 22.4 Å². The maximum absolute atomic E-state index is 14.3. The van der Waals surface area contributed by atoms with Gasteiger partial charge in [-0.1, -0.05) is 24.3 Å². The smallest absolute Gasteiger partial charge is 0.372 e. The van der Waals surface area contributed by atoms with Gasteiger partial charge in [0.05, 0.1) is 12.0 Å². The Bertz CT molecular complexity index is 1280. The second kappa shape index (κ2) is 9.42. The molecule has 9 heteroatoms. The molecule has 1 aromatic heterocycles. The molecule has 0 fully saturated rings. The summed E-state index contributed by atoms with van der Waals surface area (Å²) in [5, 5.41) is 8.78. The zero-order chi connectivity index (χ0) is 23.4. The number of rotatable bonds is 8. The summed E-state index contributed by atoms with van der Waals surface area (Å²) in [6.45, 7) is 0. The Morgan fingerprint density at radius 2 is 1.56 bits per heavy atom. The van der Waals surface area contributed by atoms with Gasteiger partial charge >= 0.3 is 5.97 Å². The van der Waals surface area contributed by atoms with Gasteiger partial charge in [-0.25, -0.2) is 18.0 Å². The predicted octanol–water partition coefficient (Wildman–Crippen LogP) is 3.20. The molecule has 0 aliphatic carbocycles. The SMILES string of the molecule is O=C(O)C(=O)CC(=O)c1c(Cc2ccccc2F)c(Cc2ccc(F)cc2F)c[nH]c1=O. The molecule has 0 atom stereocenters. The van der Waals surface area contributed by atoms with Crippen molar-refractivity contribution in [2.75, 3.05) is 0 Å². The third kappa shape index (κ3) is 5.00. The number of hydrogen-bond acceptors (Lipinski definition) is 4. The fourth-order valence-electron chi connectivity index (χ4n) is 3.28. The summed E-state index contributed by atoms with van der Waals surface area (Å²) in [5.41, 5.74) is -0.994. The first-order valence-corrected chi connectivity index (χ1v) is 9.37. The molecule has 0 amide bonds. The molecule has 2 aromatic carbocycles. The van der Waals surface area contributed by atoms with E-state index in [9.17, 15) is 32.3 Å². The summed E-state index contributed by atoms with van der Waals surface area (Å²) in [5.74, 6) is -6.58. The molecular formula is C23H16F3NO5. The lowest BCUT2D eigenvalue weighted by Crippen LogP contribution is -2.26. The van der Waals surface area contributed by atoms with Crippen LogP contribution in [0.25, 0.3) is 0 Å². The number of carbonyl (C=O) groups excluding carboxylic acids is 2. The minimum atomic E-state index is -1.84. The number of hydrogen-bond donors (Lipinski definition) is 2. The quantitative estimate of drug-likeness (QED) is 0.316. The fraction of sp³-hybridized carbons (Fsp3) is 0.130. The molecular weight excluding hydrogens is 427 g/mol. The van der Waals surface area contributed by atoms with Crippen LogP contribution in [0.2, 0.25) is 0 Å². The van der Waals surface area contributed by atoms with Crippen LogP contribution >= 0.6 is 0 Å². The molecule has 0 saturated carbocycles. The third-order valence-electron chi connectivity index (χ3n) is 4.85. The number of nitrogens with one attached hydrogen (secondary N) is 1. The van der Waals surface area contributed by atoms with E-state index in [-0.39, 0.29) is 35.1 Å². The third-order valence-corrected chi connectivity index (χ3v) is 4.85. The van der Waals surface area contributed by atoms with E-state index >= 15 is 0 Å². The topological polar surface area (TPSA) is 104 Å². The first-order valence-electron chi connectivity index (χ1n) is 9.37. The molecule has 0 spiro atoms. The van der Waals surface area contributed by atoms with E-state index in [0.29, 0.717) is 6.07 Å². The van der Waals surface area contributed by atoms with Gasteiger partial charge in [-0.15, -0.1) is 0 Å². The summed E-state index contributed by atoms with van der Waals surface area (Å²) >= 11 is 0. The Hall–Kier alpha value is -4.01. The van der Waals surface area contributed by atoms with Gasteiger partial charge in [0.1, 0.15) is 17.5 Å². The number of aromatic amines is 1.